The number of nitrogens with one attached hydrogen (secondary N) is 2. The molecule has 0 unspecified atom stereocenters. The van der Waals surface area contributed by atoms with Gasteiger partial charge < -0.3 is 10.2 Å². The molecule has 0 saturated carbocycles. The molecule has 2 aromatic rings. The highest BCUT2D eigenvalue weighted by Crippen LogP contribution is 2.26. The summed E-state index contributed by atoms with van der Waals surface area (Å²) in [6.45, 7) is 1.61. The second-order valence-corrected chi connectivity index (χ2v) is 7.90. The highest BCUT2D eigenvalue weighted by molar-refractivity contribution is 7.92. The predicted molar refractivity (Wildman–Crippen MR) is 99.1 cm³/mol. The Balaban J connectivity index is 1.51. The molecule has 1 aliphatic rings. The van der Waals surface area contributed by atoms with Gasteiger partial charge >= 0.3 is 0 Å². The third-order valence-electron chi connectivity index (χ3n) is 4.06. The Bertz CT molecular complexity index is 863. The van der Waals surface area contributed by atoms with Crippen LogP contribution in [0.15, 0.2) is 48.5 Å². The second kappa shape index (κ2) is 7.14. The molecular weight excluding hydrogens is 338 g/mol. The number of hydrogen-bond acceptors (Lipinski definition) is 4. The third-order valence-corrected chi connectivity index (χ3v) is 4.67. The molecule has 1 aliphatic heterocycles. The summed E-state index contributed by atoms with van der Waals surface area (Å²) < 4.78 is 24.8. The second-order valence-electron chi connectivity index (χ2n) is 6.15. The van der Waals surface area contributed by atoms with E-state index in [9.17, 15) is 13.2 Å². The Hall–Kier alpha value is -2.54. The predicted octanol–water partition coefficient (Wildman–Crippen LogP) is 1.74. The van der Waals surface area contributed by atoms with Crippen molar-refractivity contribution in [2.24, 2.45) is 0 Å². The van der Waals surface area contributed by atoms with Gasteiger partial charge in [-0.3, -0.25) is 9.52 Å². The van der Waals surface area contributed by atoms with E-state index < -0.39 is 10.0 Å². The largest absolute Gasteiger partial charge is 0.362 e. The van der Waals surface area contributed by atoms with Gasteiger partial charge in [0.1, 0.15) is 0 Å². The molecule has 0 fully saturated rings. The number of anilines is 2. The summed E-state index contributed by atoms with van der Waals surface area (Å²) in [4.78, 5) is 14.3. The van der Waals surface area contributed by atoms with Crippen molar-refractivity contribution in [3.05, 3.63) is 59.7 Å². The van der Waals surface area contributed by atoms with Crippen molar-refractivity contribution in [3.63, 3.8) is 0 Å². The van der Waals surface area contributed by atoms with Gasteiger partial charge in [0.05, 0.1) is 12.8 Å². The van der Waals surface area contributed by atoms with Crippen LogP contribution in [0.2, 0.25) is 0 Å². The first-order valence-electron chi connectivity index (χ1n) is 8.07. The third kappa shape index (κ3) is 4.73. The van der Waals surface area contributed by atoms with Crippen LogP contribution in [0.25, 0.3) is 0 Å². The molecule has 2 N–H and O–H groups in total. The molecule has 2 aromatic carbocycles. The summed E-state index contributed by atoms with van der Waals surface area (Å²) >= 11 is 0. The smallest absolute Gasteiger partial charge is 0.239 e. The van der Waals surface area contributed by atoms with Crippen LogP contribution in [0.5, 0.6) is 0 Å². The van der Waals surface area contributed by atoms with Crippen LogP contribution in [-0.2, 0) is 27.8 Å². The lowest BCUT2D eigenvalue weighted by molar-refractivity contribution is -0.119. The van der Waals surface area contributed by atoms with Crippen molar-refractivity contribution in [2.75, 3.05) is 29.0 Å². The maximum absolute atomic E-state index is 12.2. The molecule has 0 atom stereocenters. The molecule has 0 saturated heterocycles. The van der Waals surface area contributed by atoms with Crippen molar-refractivity contribution >= 4 is 27.3 Å². The quantitative estimate of drug-likeness (QED) is 0.823. The standard InChI is InChI=1S/C18H21N3O3S/c1-25(23,24)20-16-8-6-14(7-9-16)12-19-18(22)13-21-11-10-15-4-2-3-5-17(15)21/h2-9,20H,10-13H2,1H3,(H,19,22). The van der Waals surface area contributed by atoms with E-state index in [1.165, 1.54) is 5.56 Å². The Morgan fingerprint density at radius 2 is 1.84 bits per heavy atom. The zero-order valence-electron chi connectivity index (χ0n) is 14.0. The lowest BCUT2D eigenvalue weighted by Crippen LogP contribution is -2.36. The van der Waals surface area contributed by atoms with E-state index in [1.54, 1.807) is 24.3 Å². The molecule has 0 aliphatic carbocycles. The number of benzene rings is 2. The molecule has 0 bridgehead atoms. The van der Waals surface area contributed by atoms with Crippen molar-refractivity contribution in [2.45, 2.75) is 13.0 Å². The number of fused-ring (bicyclic) bond motifs is 1. The van der Waals surface area contributed by atoms with Crippen LogP contribution in [0.1, 0.15) is 11.1 Å². The first-order valence-corrected chi connectivity index (χ1v) is 9.96. The van der Waals surface area contributed by atoms with E-state index in [1.807, 2.05) is 18.2 Å². The van der Waals surface area contributed by atoms with Gasteiger partial charge in [-0.15, -0.1) is 0 Å². The van der Waals surface area contributed by atoms with Gasteiger partial charge in [-0.2, -0.15) is 0 Å². The minimum atomic E-state index is -3.28. The summed E-state index contributed by atoms with van der Waals surface area (Å²) in [6.07, 6.45) is 2.08. The fourth-order valence-electron chi connectivity index (χ4n) is 2.91. The van der Waals surface area contributed by atoms with Gasteiger partial charge in [0.15, 0.2) is 0 Å². The Kier molecular flexibility index (Phi) is 4.94. The topological polar surface area (TPSA) is 78.5 Å². The van der Waals surface area contributed by atoms with Gasteiger partial charge in [0.2, 0.25) is 15.9 Å². The molecule has 1 amide bonds. The molecule has 0 spiro atoms. The summed E-state index contributed by atoms with van der Waals surface area (Å²) in [5.74, 6) is -0.0324. The normalized spacial score (nSPS) is 13.4. The number of carbonyl (C=O) groups excluding carboxylic acids is 1. The minimum absolute atomic E-state index is 0.0324. The Morgan fingerprint density at radius 3 is 2.56 bits per heavy atom. The summed E-state index contributed by atoms with van der Waals surface area (Å²) in [6, 6.07) is 15.1. The molecule has 1 heterocycles. The van der Waals surface area contributed by atoms with Crippen LogP contribution < -0.4 is 14.9 Å². The Labute approximate surface area is 147 Å². The van der Waals surface area contributed by atoms with Crippen LogP contribution in [0, 0.1) is 0 Å². The summed E-state index contributed by atoms with van der Waals surface area (Å²) in [5, 5.41) is 2.91. The van der Waals surface area contributed by atoms with E-state index in [4.69, 9.17) is 0 Å². The molecule has 25 heavy (non-hydrogen) atoms. The summed E-state index contributed by atoms with van der Waals surface area (Å²) in [7, 11) is -3.28. The Morgan fingerprint density at radius 1 is 1.12 bits per heavy atom. The lowest BCUT2D eigenvalue weighted by Gasteiger charge is -2.18. The monoisotopic (exact) mass is 359 g/mol. The van der Waals surface area contributed by atoms with Gasteiger partial charge in [0, 0.05) is 24.5 Å². The van der Waals surface area contributed by atoms with Crippen LogP contribution in [0.3, 0.4) is 0 Å². The number of carbonyl (C=O) groups is 1. The van der Waals surface area contributed by atoms with Crippen LogP contribution in [0.4, 0.5) is 11.4 Å². The molecule has 0 aromatic heterocycles. The molecular formula is C18H21N3O3S. The van der Waals surface area contributed by atoms with Gasteiger partial charge in [0.25, 0.3) is 0 Å². The lowest BCUT2D eigenvalue weighted by atomic mass is 10.2. The van der Waals surface area contributed by atoms with E-state index in [-0.39, 0.29) is 5.91 Å². The minimum Gasteiger partial charge on any atom is -0.362 e. The average molecular weight is 359 g/mol. The van der Waals surface area contributed by atoms with E-state index >= 15 is 0 Å². The molecule has 0 radical (unpaired) electrons. The first-order chi connectivity index (χ1) is 11.9. The van der Waals surface area contributed by atoms with Gasteiger partial charge in [-0.1, -0.05) is 30.3 Å². The van der Waals surface area contributed by atoms with Crippen molar-refractivity contribution in [3.8, 4) is 0 Å². The number of sulfonamides is 1. The molecule has 132 valence electrons. The zero-order valence-corrected chi connectivity index (χ0v) is 14.8. The van der Waals surface area contributed by atoms with Gasteiger partial charge in [-0.05, 0) is 35.7 Å². The van der Waals surface area contributed by atoms with Crippen molar-refractivity contribution in [1.82, 2.24) is 5.32 Å². The number of hydrogen-bond donors (Lipinski definition) is 2. The first kappa shape index (κ1) is 17.3. The van der Waals surface area contributed by atoms with E-state index in [0.29, 0.717) is 18.8 Å². The number of para-hydroxylation sites is 1. The van der Waals surface area contributed by atoms with Crippen LogP contribution in [-0.4, -0.2) is 33.7 Å². The van der Waals surface area contributed by atoms with Crippen molar-refractivity contribution in [1.29, 1.82) is 0 Å². The maximum Gasteiger partial charge on any atom is 0.239 e. The zero-order chi connectivity index (χ0) is 17.9. The molecule has 3 rings (SSSR count). The fraction of sp³-hybridized carbons (Fsp3) is 0.278. The van der Waals surface area contributed by atoms with E-state index in [0.717, 1.165) is 30.5 Å². The number of nitrogens with zero attached hydrogens (tertiary/aromatic N) is 1. The number of rotatable bonds is 6. The number of amides is 1. The van der Waals surface area contributed by atoms with Gasteiger partial charge in [-0.25, -0.2) is 8.42 Å². The SMILES string of the molecule is CS(=O)(=O)Nc1ccc(CNC(=O)CN2CCc3ccccc32)cc1. The highest BCUT2D eigenvalue weighted by Gasteiger charge is 2.20. The molecule has 6 nitrogen and oxygen atoms in total. The van der Waals surface area contributed by atoms with Crippen molar-refractivity contribution < 1.29 is 13.2 Å². The fourth-order valence-corrected chi connectivity index (χ4v) is 3.47. The summed E-state index contributed by atoms with van der Waals surface area (Å²) in [5.41, 5.74) is 3.83. The average Bonchev–Trinajstić information content (AvgIpc) is 2.96. The van der Waals surface area contributed by atoms with Crippen LogP contribution >= 0.6 is 0 Å². The highest BCUT2D eigenvalue weighted by atomic mass is 32.2. The molecule has 7 heteroatoms. The van der Waals surface area contributed by atoms with E-state index in [2.05, 4.69) is 21.0 Å². The maximum atomic E-state index is 12.2.